The third-order valence-corrected chi connectivity index (χ3v) is 5.98. The summed E-state index contributed by atoms with van der Waals surface area (Å²) in [5.74, 6) is 0.195. The van der Waals surface area contributed by atoms with E-state index in [1.54, 1.807) is 6.07 Å². The van der Waals surface area contributed by atoms with Crippen molar-refractivity contribution in [3.63, 3.8) is 0 Å². The van der Waals surface area contributed by atoms with Gasteiger partial charge in [0.1, 0.15) is 11.0 Å². The number of nitro groups is 1. The summed E-state index contributed by atoms with van der Waals surface area (Å²) in [6.45, 7) is 0. The first-order chi connectivity index (χ1) is 13.1. The molecule has 0 radical (unpaired) electrons. The first-order valence-corrected chi connectivity index (χ1v) is 9.62. The summed E-state index contributed by atoms with van der Waals surface area (Å²) in [4.78, 5) is 9.50. The summed E-state index contributed by atoms with van der Waals surface area (Å²) >= 11 is 11.8. The van der Waals surface area contributed by atoms with E-state index in [0.29, 0.717) is 0 Å². The van der Waals surface area contributed by atoms with Crippen LogP contribution in [0.15, 0.2) is 40.1 Å². The molecule has 11 heteroatoms. The van der Waals surface area contributed by atoms with Crippen LogP contribution in [0.5, 0.6) is 11.5 Å². The Balaban J connectivity index is 2.75. The average molecular weight is 443 g/mol. The van der Waals surface area contributed by atoms with Crippen molar-refractivity contribution >= 4 is 44.8 Å². The molecule has 0 aliphatic rings. The second kappa shape index (κ2) is 8.48. The molecule has 0 fully saturated rings. The predicted molar refractivity (Wildman–Crippen MR) is 103 cm³/mol. The number of hydrogen-bond donors (Lipinski definition) is 0. The minimum Gasteiger partial charge on any atom is -0.493 e. The lowest BCUT2D eigenvalue weighted by atomic mass is 10.1. The number of benzene rings is 2. The summed E-state index contributed by atoms with van der Waals surface area (Å²) in [6.07, 6.45) is 0.868. The topological polar surface area (TPSA) is 120 Å². The lowest BCUT2D eigenvalue weighted by Gasteiger charge is -2.10. The van der Waals surface area contributed by atoms with Crippen molar-refractivity contribution in [2.45, 2.75) is 4.90 Å². The smallest absolute Gasteiger partial charge is 0.280 e. The summed E-state index contributed by atoms with van der Waals surface area (Å²) in [5, 5.41) is 20.7. The van der Waals surface area contributed by atoms with Crippen LogP contribution >= 0.6 is 23.2 Å². The van der Waals surface area contributed by atoms with Crippen LogP contribution in [0.25, 0.3) is 6.08 Å². The van der Waals surface area contributed by atoms with Crippen molar-refractivity contribution in [1.82, 2.24) is 0 Å². The second-order valence-electron chi connectivity index (χ2n) is 5.22. The van der Waals surface area contributed by atoms with E-state index in [1.165, 1.54) is 32.4 Å². The highest BCUT2D eigenvalue weighted by Gasteiger charge is 2.26. The highest BCUT2D eigenvalue weighted by molar-refractivity contribution is 7.95. The Morgan fingerprint density at radius 2 is 1.79 bits per heavy atom. The fourth-order valence-electron chi connectivity index (χ4n) is 2.27. The van der Waals surface area contributed by atoms with Crippen LogP contribution in [0.3, 0.4) is 0 Å². The van der Waals surface area contributed by atoms with Crippen LogP contribution in [0.1, 0.15) is 5.56 Å². The minimum atomic E-state index is -4.39. The number of nitrogens with zero attached hydrogens (tertiary/aromatic N) is 2. The van der Waals surface area contributed by atoms with Crippen molar-refractivity contribution in [1.29, 1.82) is 5.26 Å². The van der Waals surface area contributed by atoms with Gasteiger partial charge in [-0.05, 0) is 30.3 Å². The van der Waals surface area contributed by atoms with Gasteiger partial charge in [0, 0.05) is 5.02 Å². The molecule has 0 heterocycles. The van der Waals surface area contributed by atoms with E-state index in [4.69, 9.17) is 32.7 Å². The molecule has 0 atom stereocenters. The largest absolute Gasteiger partial charge is 0.493 e. The van der Waals surface area contributed by atoms with Gasteiger partial charge in [-0.25, -0.2) is 8.42 Å². The molecule has 0 aliphatic carbocycles. The fourth-order valence-corrected chi connectivity index (χ4v) is 4.18. The van der Waals surface area contributed by atoms with Crippen LogP contribution < -0.4 is 9.47 Å². The molecule has 0 aliphatic heterocycles. The Hall–Kier alpha value is -2.80. The molecule has 0 N–H and O–H groups in total. The molecular formula is C17H12Cl2N2O6S. The predicted octanol–water partition coefficient (Wildman–Crippen LogP) is 4.26. The van der Waals surface area contributed by atoms with E-state index in [2.05, 4.69) is 0 Å². The lowest BCUT2D eigenvalue weighted by Crippen LogP contribution is -2.05. The van der Waals surface area contributed by atoms with Gasteiger partial charge < -0.3 is 9.47 Å². The zero-order chi connectivity index (χ0) is 21.1. The molecule has 0 spiro atoms. The van der Waals surface area contributed by atoms with Gasteiger partial charge in [-0.1, -0.05) is 23.2 Å². The highest BCUT2D eigenvalue weighted by atomic mass is 35.5. The maximum atomic E-state index is 12.8. The van der Waals surface area contributed by atoms with Crippen LogP contribution in [0.4, 0.5) is 5.69 Å². The Kier molecular flexibility index (Phi) is 6.51. The summed E-state index contributed by atoms with van der Waals surface area (Å²) < 4.78 is 35.8. The van der Waals surface area contributed by atoms with Crippen LogP contribution in [0.2, 0.25) is 10.0 Å². The summed E-state index contributed by atoms with van der Waals surface area (Å²) in [6, 6.07) is 7.56. The zero-order valence-corrected chi connectivity index (χ0v) is 16.8. The van der Waals surface area contributed by atoms with Gasteiger partial charge in [-0.2, -0.15) is 5.26 Å². The van der Waals surface area contributed by atoms with Crippen molar-refractivity contribution in [2.75, 3.05) is 14.2 Å². The van der Waals surface area contributed by atoms with Gasteiger partial charge in [0.05, 0.1) is 40.7 Å². The third kappa shape index (κ3) is 4.20. The third-order valence-electron chi connectivity index (χ3n) is 3.60. The highest BCUT2D eigenvalue weighted by Crippen LogP contribution is 2.37. The molecule has 0 saturated heterocycles. The number of rotatable bonds is 6. The van der Waals surface area contributed by atoms with Gasteiger partial charge in [-0.15, -0.1) is 0 Å². The van der Waals surface area contributed by atoms with Crippen LogP contribution in [0, 0.1) is 21.4 Å². The van der Waals surface area contributed by atoms with Crippen LogP contribution in [-0.2, 0) is 9.84 Å². The first kappa shape index (κ1) is 21.5. The Morgan fingerprint density at radius 1 is 1.18 bits per heavy atom. The first-order valence-electron chi connectivity index (χ1n) is 7.38. The molecule has 0 unspecified atom stereocenters. The van der Waals surface area contributed by atoms with Gasteiger partial charge in [0.2, 0.25) is 9.84 Å². The number of nitro benzene ring substituents is 1. The minimum absolute atomic E-state index is 0.0746. The van der Waals surface area contributed by atoms with E-state index in [9.17, 15) is 23.8 Å². The van der Waals surface area contributed by atoms with E-state index in [-0.39, 0.29) is 27.1 Å². The maximum Gasteiger partial charge on any atom is 0.280 e. The van der Waals surface area contributed by atoms with Gasteiger partial charge in [0.15, 0.2) is 11.5 Å². The van der Waals surface area contributed by atoms with Crippen molar-refractivity contribution in [3.8, 4) is 17.6 Å². The standard InChI is InChI=1S/C17H12Cl2N2O6S/c1-26-15-6-10(14(21(22)23)8-16(15)27-2)5-12(9-20)28(24,25)17-7-11(18)3-4-13(17)19/h3-8H,1-2H3/b12-5+. The second-order valence-corrected chi connectivity index (χ2v) is 7.95. The van der Waals surface area contributed by atoms with E-state index >= 15 is 0 Å². The van der Waals surface area contributed by atoms with Gasteiger partial charge >= 0.3 is 0 Å². The maximum absolute atomic E-state index is 12.8. The SMILES string of the molecule is COc1cc(/C=C(\C#N)S(=O)(=O)c2cc(Cl)ccc2Cl)c([N+](=O)[O-])cc1OC. The van der Waals surface area contributed by atoms with Gasteiger partial charge in [-0.3, -0.25) is 10.1 Å². The van der Waals surface area contributed by atoms with E-state index < -0.39 is 30.2 Å². The number of sulfone groups is 1. The Labute approximate surface area is 170 Å². The molecule has 2 aromatic carbocycles. The molecule has 146 valence electrons. The number of hydrogen-bond acceptors (Lipinski definition) is 7. The molecule has 0 saturated carbocycles. The molecule has 0 amide bonds. The molecule has 2 rings (SSSR count). The summed E-state index contributed by atoms with van der Waals surface area (Å²) in [5.41, 5.74) is -0.640. The fraction of sp³-hybridized carbons (Fsp3) is 0.118. The number of ether oxygens (including phenoxy) is 2. The monoisotopic (exact) mass is 442 g/mol. The molecule has 0 aromatic heterocycles. The van der Waals surface area contributed by atoms with Gasteiger partial charge in [0.25, 0.3) is 5.69 Å². The van der Waals surface area contributed by atoms with Crippen molar-refractivity contribution in [3.05, 3.63) is 61.0 Å². The van der Waals surface area contributed by atoms with Crippen LogP contribution in [-0.4, -0.2) is 27.6 Å². The summed E-state index contributed by atoms with van der Waals surface area (Å²) in [7, 11) is -1.79. The van der Waals surface area contributed by atoms with E-state index in [0.717, 1.165) is 18.2 Å². The molecule has 2 aromatic rings. The quantitative estimate of drug-likeness (QED) is 0.372. The number of allylic oxidation sites excluding steroid dienone is 1. The zero-order valence-electron chi connectivity index (χ0n) is 14.5. The normalized spacial score (nSPS) is 11.6. The molecule has 28 heavy (non-hydrogen) atoms. The Morgan fingerprint density at radius 3 is 2.32 bits per heavy atom. The number of methoxy groups -OCH3 is 2. The number of halogens is 2. The van der Waals surface area contributed by atoms with Crippen molar-refractivity contribution in [2.24, 2.45) is 0 Å². The molecule has 0 bridgehead atoms. The van der Waals surface area contributed by atoms with E-state index in [1.807, 2.05) is 0 Å². The Bertz CT molecular complexity index is 1120. The average Bonchev–Trinajstić information content (AvgIpc) is 2.66. The molecular weight excluding hydrogens is 431 g/mol. The van der Waals surface area contributed by atoms with Crippen molar-refractivity contribution < 1.29 is 22.8 Å². The lowest BCUT2D eigenvalue weighted by molar-refractivity contribution is -0.385. The number of nitriles is 1. The molecule has 8 nitrogen and oxygen atoms in total.